The Morgan fingerprint density at radius 1 is 0.944 bits per heavy atom. The zero-order valence-corrected chi connectivity index (χ0v) is 19.1. The van der Waals surface area contributed by atoms with Gasteiger partial charge in [0.25, 0.3) is 0 Å². The first-order valence-corrected chi connectivity index (χ1v) is 10.6. The van der Waals surface area contributed by atoms with Gasteiger partial charge in [-0.05, 0) is 42.3 Å². The van der Waals surface area contributed by atoms with Gasteiger partial charge < -0.3 is 14.9 Å². The molecule has 13 heteroatoms. The Morgan fingerprint density at radius 3 is 1.94 bits per heavy atom. The first kappa shape index (κ1) is 27.1. The van der Waals surface area contributed by atoms with Crippen LogP contribution in [0.4, 0.5) is 46.0 Å². The molecule has 2 aromatic carbocycles. The Morgan fingerprint density at radius 2 is 1.47 bits per heavy atom. The molecule has 0 aromatic heterocycles. The summed E-state index contributed by atoms with van der Waals surface area (Å²) in [5.41, 5.74) is -3.22. The van der Waals surface area contributed by atoms with Crippen molar-refractivity contribution in [3.8, 4) is 0 Å². The van der Waals surface area contributed by atoms with E-state index in [4.69, 9.17) is 0 Å². The Kier molecular flexibility index (Phi) is 7.42. The number of rotatable bonds is 3. The lowest BCUT2D eigenvalue weighted by Crippen LogP contribution is -2.54. The Labute approximate surface area is 201 Å². The van der Waals surface area contributed by atoms with Crippen LogP contribution in [0.25, 0.3) is 0 Å². The molecule has 3 rings (SSSR count). The van der Waals surface area contributed by atoms with Crippen LogP contribution in [0.3, 0.4) is 0 Å². The van der Waals surface area contributed by atoms with Crippen LogP contribution < -0.4 is 4.90 Å². The fourth-order valence-electron chi connectivity index (χ4n) is 4.24. The van der Waals surface area contributed by atoms with E-state index in [2.05, 4.69) is 0 Å². The molecule has 0 bridgehead atoms. The van der Waals surface area contributed by atoms with Crippen LogP contribution in [-0.2, 0) is 12.4 Å². The molecule has 1 saturated heterocycles. The van der Waals surface area contributed by atoms with Gasteiger partial charge in [-0.15, -0.1) is 0 Å². The Hall–Kier alpha value is -3.51. The van der Waals surface area contributed by atoms with Crippen molar-refractivity contribution >= 4 is 17.8 Å². The van der Waals surface area contributed by atoms with Crippen LogP contribution in [0, 0.1) is 5.82 Å². The number of carbonyl (C=O) groups excluding carboxylic acids is 1. The first-order chi connectivity index (χ1) is 16.6. The molecular formula is C23H22F7N3O3. The van der Waals surface area contributed by atoms with Gasteiger partial charge in [0.05, 0.1) is 11.1 Å². The van der Waals surface area contributed by atoms with E-state index in [0.29, 0.717) is 22.6 Å². The van der Waals surface area contributed by atoms with Gasteiger partial charge in [-0.1, -0.05) is 12.1 Å². The summed E-state index contributed by atoms with van der Waals surface area (Å²) < 4.78 is 93.0. The quantitative estimate of drug-likeness (QED) is 0.513. The second-order valence-corrected chi connectivity index (χ2v) is 8.46. The van der Waals surface area contributed by atoms with Gasteiger partial charge in [-0.25, -0.2) is 14.0 Å². The Balaban J connectivity index is 1.95. The van der Waals surface area contributed by atoms with Gasteiger partial charge in [-0.2, -0.15) is 26.3 Å². The van der Waals surface area contributed by atoms with Gasteiger partial charge in [-0.3, -0.25) is 4.90 Å². The average Bonchev–Trinajstić information content (AvgIpc) is 2.81. The maximum atomic E-state index is 13.4. The summed E-state index contributed by atoms with van der Waals surface area (Å²) >= 11 is 0. The number of urea groups is 1. The van der Waals surface area contributed by atoms with Crippen molar-refractivity contribution in [2.24, 2.45) is 0 Å². The third kappa shape index (κ3) is 5.82. The number of likely N-dealkylation sites (tertiary alicyclic amines) is 1. The summed E-state index contributed by atoms with van der Waals surface area (Å²) in [6, 6.07) is 4.50. The van der Waals surface area contributed by atoms with E-state index in [9.17, 15) is 45.4 Å². The van der Waals surface area contributed by atoms with Crippen LogP contribution in [-0.4, -0.2) is 60.3 Å². The summed E-state index contributed by atoms with van der Waals surface area (Å²) in [5.74, 6) is -1.15. The van der Waals surface area contributed by atoms with Crippen molar-refractivity contribution in [3.63, 3.8) is 0 Å². The topological polar surface area (TPSA) is 64.1 Å². The molecule has 6 nitrogen and oxygen atoms in total. The maximum Gasteiger partial charge on any atom is 0.416 e. The van der Waals surface area contributed by atoms with Crippen molar-refractivity contribution in [2.45, 2.75) is 30.7 Å². The van der Waals surface area contributed by atoms with E-state index in [0.717, 1.165) is 16.8 Å². The average molecular weight is 521 g/mol. The van der Waals surface area contributed by atoms with E-state index in [1.165, 1.54) is 31.3 Å². The standard InChI is InChI=1S/C23H22F7N3O3/c1-31(17-10-14(22(25,26)27)9-15(11-17)23(28,29)30)20(34)32(2)19-7-8-33(21(35)36)12-18(19)13-3-5-16(24)6-4-13/h3-6,9-11,18-19H,7-8,12H2,1-2H3,(H,35,36)/t18-,19+/m0/s1. The molecule has 0 unspecified atom stereocenters. The minimum absolute atomic E-state index is 0.0300. The van der Waals surface area contributed by atoms with E-state index in [-0.39, 0.29) is 25.6 Å². The molecule has 0 saturated carbocycles. The molecule has 1 N–H and O–H groups in total. The van der Waals surface area contributed by atoms with E-state index >= 15 is 0 Å². The molecular weight excluding hydrogens is 499 g/mol. The molecule has 196 valence electrons. The van der Waals surface area contributed by atoms with Gasteiger partial charge in [0.2, 0.25) is 0 Å². The monoisotopic (exact) mass is 521 g/mol. The molecule has 36 heavy (non-hydrogen) atoms. The zero-order chi connectivity index (χ0) is 27.0. The predicted molar refractivity (Wildman–Crippen MR) is 115 cm³/mol. The maximum absolute atomic E-state index is 13.4. The summed E-state index contributed by atoms with van der Waals surface area (Å²) in [4.78, 5) is 27.7. The minimum atomic E-state index is -5.08. The molecule has 1 heterocycles. The predicted octanol–water partition coefficient (Wildman–Crippen LogP) is 5.89. The lowest BCUT2D eigenvalue weighted by atomic mass is 9.85. The summed E-state index contributed by atoms with van der Waals surface area (Å²) in [5, 5.41) is 9.39. The van der Waals surface area contributed by atoms with E-state index < -0.39 is 59.1 Å². The molecule has 2 aromatic rings. The van der Waals surface area contributed by atoms with Crippen LogP contribution in [0.1, 0.15) is 29.0 Å². The van der Waals surface area contributed by atoms with Gasteiger partial charge in [0.1, 0.15) is 5.82 Å². The van der Waals surface area contributed by atoms with Gasteiger partial charge in [0.15, 0.2) is 0 Å². The fraction of sp³-hybridized carbons (Fsp3) is 0.391. The molecule has 1 aliphatic rings. The first-order valence-electron chi connectivity index (χ1n) is 10.6. The van der Waals surface area contributed by atoms with Crippen LogP contribution in [0.15, 0.2) is 42.5 Å². The summed E-state index contributed by atoms with van der Waals surface area (Å²) in [7, 11) is 2.38. The highest BCUT2D eigenvalue weighted by molar-refractivity contribution is 5.92. The number of benzene rings is 2. The normalized spacial score (nSPS) is 18.6. The molecule has 0 aliphatic carbocycles. The van der Waals surface area contributed by atoms with Crippen molar-refractivity contribution < 1.29 is 45.4 Å². The molecule has 2 atom stereocenters. The van der Waals surface area contributed by atoms with Crippen LogP contribution >= 0.6 is 0 Å². The highest BCUT2D eigenvalue weighted by Crippen LogP contribution is 2.39. The van der Waals surface area contributed by atoms with Crippen LogP contribution in [0.2, 0.25) is 0 Å². The molecule has 1 aliphatic heterocycles. The number of anilines is 1. The van der Waals surface area contributed by atoms with Crippen molar-refractivity contribution in [1.82, 2.24) is 9.80 Å². The molecule has 3 amide bonds. The second-order valence-electron chi connectivity index (χ2n) is 8.46. The summed E-state index contributed by atoms with van der Waals surface area (Å²) in [6.07, 6.45) is -11.2. The smallest absolute Gasteiger partial charge is 0.416 e. The molecule has 0 radical (unpaired) electrons. The number of alkyl halides is 6. The zero-order valence-electron chi connectivity index (χ0n) is 19.1. The number of carbonyl (C=O) groups is 2. The highest BCUT2D eigenvalue weighted by Gasteiger charge is 2.40. The minimum Gasteiger partial charge on any atom is -0.465 e. The number of piperidine rings is 1. The van der Waals surface area contributed by atoms with Gasteiger partial charge >= 0.3 is 24.5 Å². The van der Waals surface area contributed by atoms with E-state index in [1.807, 2.05) is 0 Å². The number of nitrogens with zero attached hydrogens (tertiary/aromatic N) is 3. The SMILES string of the molecule is CN(C(=O)N(C)[C@@H]1CCN(C(=O)O)C[C@H]1c1ccc(F)cc1)c1cc(C(F)(F)F)cc(C(F)(F)F)c1. The number of hydrogen-bond donors (Lipinski definition) is 1. The van der Waals surface area contributed by atoms with Crippen molar-refractivity contribution in [1.29, 1.82) is 0 Å². The molecule has 1 fully saturated rings. The number of likely N-dealkylation sites (N-methyl/N-ethyl adjacent to an activating group) is 1. The number of hydrogen-bond acceptors (Lipinski definition) is 2. The Bertz CT molecular complexity index is 1090. The van der Waals surface area contributed by atoms with Crippen molar-refractivity contribution in [2.75, 3.05) is 32.1 Å². The lowest BCUT2D eigenvalue weighted by Gasteiger charge is -2.43. The number of amides is 3. The second kappa shape index (κ2) is 9.86. The van der Waals surface area contributed by atoms with Gasteiger partial charge in [0, 0.05) is 44.8 Å². The number of halogens is 7. The number of carboxylic acid groups (broad SMARTS) is 1. The lowest BCUT2D eigenvalue weighted by molar-refractivity contribution is -0.143. The van der Waals surface area contributed by atoms with E-state index in [1.54, 1.807) is 0 Å². The largest absolute Gasteiger partial charge is 0.465 e. The third-order valence-electron chi connectivity index (χ3n) is 6.19. The highest BCUT2D eigenvalue weighted by atomic mass is 19.4. The third-order valence-corrected chi connectivity index (χ3v) is 6.19. The molecule has 0 spiro atoms. The van der Waals surface area contributed by atoms with Crippen molar-refractivity contribution in [3.05, 3.63) is 65.0 Å². The summed E-state index contributed by atoms with van der Waals surface area (Å²) in [6.45, 7) is -0.00441. The van der Waals surface area contributed by atoms with Crippen LogP contribution in [0.5, 0.6) is 0 Å². The fourth-order valence-corrected chi connectivity index (χ4v) is 4.24.